The van der Waals surface area contributed by atoms with Gasteiger partial charge < -0.3 is 15.5 Å². The first-order valence-electron chi connectivity index (χ1n) is 10.3. The van der Waals surface area contributed by atoms with Crippen molar-refractivity contribution in [2.75, 3.05) is 30.4 Å². The maximum atomic E-state index is 12.1. The number of aromatic nitrogens is 3. The van der Waals surface area contributed by atoms with E-state index >= 15 is 0 Å². The van der Waals surface area contributed by atoms with Crippen LogP contribution in [0.25, 0.3) is 16.2 Å². The van der Waals surface area contributed by atoms with Gasteiger partial charge in [0.15, 0.2) is 5.82 Å². The Bertz CT molecular complexity index is 960. The quantitative estimate of drug-likeness (QED) is 0.589. The summed E-state index contributed by atoms with van der Waals surface area (Å²) >= 11 is 1.51. The molecule has 1 aromatic carbocycles. The van der Waals surface area contributed by atoms with Crippen molar-refractivity contribution in [3.05, 3.63) is 30.3 Å². The summed E-state index contributed by atoms with van der Waals surface area (Å²) in [5.41, 5.74) is 2.02. The fourth-order valence-corrected chi connectivity index (χ4v) is 4.55. The van der Waals surface area contributed by atoms with Crippen molar-refractivity contribution in [2.45, 2.75) is 45.1 Å². The first-order valence-corrected chi connectivity index (χ1v) is 11.2. The van der Waals surface area contributed by atoms with Crippen molar-refractivity contribution < 1.29 is 4.79 Å². The van der Waals surface area contributed by atoms with Crippen LogP contribution >= 0.6 is 11.3 Å². The van der Waals surface area contributed by atoms with Crippen LogP contribution in [0, 0.1) is 0 Å². The Labute approximate surface area is 175 Å². The Hall–Kier alpha value is -2.61. The number of likely N-dealkylation sites (N-methyl/N-ethyl adjacent to an activating group) is 1. The first-order chi connectivity index (χ1) is 14.2. The molecule has 0 bridgehead atoms. The lowest BCUT2D eigenvalue weighted by Crippen LogP contribution is -2.35. The van der Waals surface area contributed by atoms with Crippen LogP contribution in [0.15, 0.2) is 30.3 Å². The average Bonchev–Trinajstić information content (AvgIpc) is 3.45. The van der Waals surface area contributed by atoms with Crippen molar-refractivity contribution in [1.29, 1.82) is 0 Å². The lowest BCUT2D eigenvalue weighted by molar-refractivity contribution is -0.119. The molecule has 1 aliphatic carbocycles. The molecule has 0 atom stereocenters. The molecule has 0 saturated heterocycles. The van der Waals surface area contributed by atoms with Gasteiger partial charge in [-0.3, -0.25) is 4.79 Å². The van der Waals surface area contributed by atoms with Crippen molar-refractivity contribution in [2.24, 2.45) is 0 Å². The molecule has 0 aliphatic heterocycles. The first kappa shape index (κ1) is 19.7. The molecule has 3 aromatic rings. The van der Waals surface area contributed by atoms with Crippen molar-refractivity contribution in [3.63, 3.8) is 0 Å². The molecule has 1 saturated carbocycles. The Morgan fingerprint density at radius 3 is 2.76 bits per heavy atom. The zero-order chi connectivity index (χ0) is 20.2. The fraction of sp³-hybridized carbons (Fsp3) is 0.476. The van der Waals surface area contributed by atoms with Crippen LogP contribution in [0.2, 0.25) is 0 Å². The second-order valence-corrected chi connectivity index (χ2v) is 8.52. The molecule has 29 heavy (non-hydrogen) atoms. The number of imidazole rings is 1. The Balaban J connectivity index is 1.63. The van der Waals surface area contributed by atoms with Gasteiger partial charge in [0.2, 0.25) is 16.0 Å². The summed E-state index contributed by atoms with van der Waals surface area (Å²) < 4.78 is 1.90. The Kier molecular flexibility index (Phi) is 5.99. The molecule has 7 nitrogen and oxygen atoms in total. The maximum absolute atomic E-state index is 12.1. The number of nitrogens with zero attached hydrogens (tertiary/aromatic N) is 4. The van der Waals surface area contributed by atoms with E-state index in [9.17, 15) is 4.79 Å². The highest BCUT2D eigenvalue weighted by atomic mass is 32.1. The van der Waals surface area contributed by atoms with Crippen LogP contribution < -0.4 is 15.5 Å². The summed E-state index contributed by atoms with van der Waals surface area (Å²) in [6.45, 7) is 3.03. The topological polar surface area (TPSA) is 74.6 Å². The van der Waals surface area contributed by atoms with Gasteiger partial charge in [0.25, 0.3) is 0 Å². The zero-order valence-corrected chi connectivity index (χ0v) is 17.8. The molecule has 1 fully saturated rings. The highest BCUT2D eigenvalue weighted by Gasteiger charge is 2.23. The number of rotatable bonds is 8. The lowest BCUT2D eigenvalue weighted by atomic mass is 10.1. The van der Waals surface area contributed by atoms with E-state index in [1.807, 2.05) is 41.6 Å². The zero-order valence-electron chi connectivity index (χ0n) is 17.0. The number of carbonyl (C=O) groups excluding carboxylic acids is 1. The van der Waals surface area contributed by atoms with E-state index in [2.05, 4.69) is 22.8 Å². The predicted molar refractivity (Wildman–Crippen MR) is 119 cm³/mol. The van der Waals surface area contributed by atoms with Gasteiger partial charge in [0.1, 0.15) is 5.69 Å². The number of amides is 1. The summed E-state index contributed by atoms with van der Waals surface area (Å²) in [5.74, 6) is 0.959. The van der Waals surface area contributed by atoms with Gasteiger partial charge in [-0.15, -0.1) is 5.10 Å². The minimum absolute atomic E-state index is 0.0106. The number of benzene rings is 1. The van der Waals surface area contributed by atoms with Crippen molar-refractivity contribution >= 4 is 33.2 Å². The molecule has 154 valence electrons. The maximum Gasteiger partial charge on any atom is 0.239 e. The monoisotopic (exact) mass is 412 g/mol. The van der Waals surface area contributed by atoms with Crippen LogP contribution in [-0.2, 0) is 4.79 Å². The Morgan fingerprint density at radius 1 is 1.28 bits per heavy atom. The van der Waals surface area contributed by atoms with E-state index < -0.39 is 0 Å². The van der Waals surface area contributed by atoms with Gasteiger partial charge in [0.05, 0.1) is 6.54 Å². The van der Waals surface area contributed by atoms with Gasteiger partial charge in [-0.25, -0.2) is 4.98 Å². The minimum Gasteiger partial charge on any atom is -0.365 e. The third-order valence-electron chi connectivity index (χ3n) is 5.22. The Morgan fingerprint density at radius 2 is 2.03 bits per heavy atom. The SMILES string of the molecule is CCCNC(=O)CN(C)c1nn2c(NC3CCCC3)c(-c3ccccc3)nc2s1. The van der Waals surface area contributed by atoms with Crippen LogP contribution in [0.1, 0.15) is 39.0 Å². The number of carbonyl (C=O) groups is 1. The summed E-state index contributed by atoms with van der Waals surface area (Å²) in [7, 11) is 1.89. The summed E-state index contributed by atoms with van der Waals surface area (Å²) in [4.78, 5) is 19.7. The van der Waals surface area contributed by atoms with Gasteiger partial charge in [-0.1, -0.05) is 61.4 Å². The lowest BCUT2D eigenvalue weighted by Gasteiger charge is -2.15. The van der Waals surface area contributed by atoms with E-state index in [1.165, 1.54) is 37.0 Å². The number of fused-ring (bicyclic) bond motifs is 1. The second kappa shape index (κ2) is 8.82. The van der Waals surface area contributed by atoms with Gasteiger partial charge in [-0.05, 0) is 19.3 Å². The molecule has 8 heteroatoms. The molecule has 4 rings (SSSR count). The van der Waals surface area contributed by atoms with Gasteiger partial charge in [-0.2, -0.15) is 4.52 Å². The molecule has 1 aliphatic rings. The third-order valence-corrected chi connectivity index (χ3v) is 6.24. The molecule has 2 N–H and O–H groups in total. The molecular formula is C21H28N6OS. The summed E-state index contributed by atoms with van der Waals surface area (Å²) in [6.07, 6.45) is 5.81. The molecule has 0 unspecified atom stereocenters. The van der Waals surface area contributed by atoms with Crippen molar-refractivity contribution in [1.82, 2.24) is 19.9 Å². The summed E-state index contributed by atoms with van der Waals surface area (Å²) in [5, 5.41) is 12.2. The highest BCUT2D eigenvalue weighted by Crippen LogP contribution is 2.34. The van der Waals surface area contributed by atoms with E-state index in [0.29, 0.717) is 12.6 Å². The fourth-order valence-electron chi connectivity index (χ4n) is 3.69. The highest BCUT2D eigenvalue weighted by molar-refractivity contribution is 7.20. The van der Waals surface area contributed by atoms with Crippen LogP contribution in [0.4, 0.5) is 10.9 Å². The molecule has 0 spiro atoms. The normalized spacial score (nSPS) is 14.4. The van der Waals surface area contributed by atoms with E-state index in [1.54, 1.807) is 0 Å². The average molecular weight is 413 g/mol. The van der Waals surface area contributed by atoms with Crippen LogP contribution in [0.5, 0.6) is 0 Å². The third kappa shape index (κ3) is 4.37. The molecular weight excluding hydrogens is 384 g/mol. The predicted octanol–water partition coefficient (Wildman–Crippen LogP) is 3.77. The smallest absolute Gasteiger partial charge is 0.239 e. The van der Waals surface area contributed by atoms with Gasteiger partial charge >= 0.3 is 0 Å². The number of hydrogen-bond acceptors (Lipinski definition) is 6. The van der Waals surface area contributed by atoms with Crippen LogP contribution in [0.3, 0.4) is 0 Å². The molecule has 2 heterocycles. The summed E-state index contributed by atoms with van der Waals surface area (Å²) in [6, 6.07) is 10.7. The number of hydrogen-bond donors (Lipinski definition) is 2. The number of anilines is 2. The number of nitrogens with one attached hydrogen (secondary N) is 2. The van der Waals surface area contributed by atoms with E-state index in [4.69, 9.17) is 10.1 Å². The standard InChI is InChI=1S/C21H28N6OS/c1-3-13-22-17(28)14-26(2)21-25-27-19(23-16-11-7-8-12-16)18(24-20(27)29-21)15-9-5-4-6-10-15/h4-6,9-10,16,23H,3,7-8,11-14H2,1-2H3,(H,22,28). The molecule has 0 radical (unpaired) electrons. The molecule has 1 amide bonds. The van der Waals surface area contributed by atoms with Crippen molar-refractivity contribution in [3.8, 4) is 11.3 Å². The van der Waals surface area contributed by atoms with E-state index in [-0.39, 0.29) is 12.5 Å². The second-order valence-electron chi connectivity index (χ2n) is 7.59. The molecule has 2 aromatic heterocycles. The van der Waals surface area contributed by atoms with E-state index in [0.717, 1.165) is 33.6 Å². The minimum atomic E-state index is 0.0106. The van der Waals surface area contributed by atoms with Gasteiger partial charge in [0, 0.05) is 25.2 Å². The largest absolute Gasteiger partial charge is 0.365 e. The van der Waals surface area contributed by atoms with Crippen LogP contribution in [-0.4, -0.2) is 46.7 Å².